The molecule has 0 saturated carbocycles. The van der Waals surface area contributed by atoms with E-state index in [1.807, 2.05) is 30.2 Å². The lowest BCUT2D eigenvalue weighted by Gasteiger charge is -2.38. The molecule has 5 heterocycles. The van der Waals surface area contributed by atoms with Crippen molar-refractivity contribution in [1.29, 1.82) is 0 Å². The van der Waals surface area contributed by atoms with E-state index in [1.165, 1.54) is 0 Å². The SMILES string of the molecule is Cc1cc(-c2ccoc2)ncc1Nc1ncc2c(n1)N(C1CCOCC1)C(=O)CC2C. The molecule has 1 atom stereocenters. The Morgan fingerprint density at radius 2 is 2.03 bits per heavy atom. The number of rotatable bonds is 4. The Labute approximate surface area is 180 Å². The van der Waals surface area contributed by atoms with Crippen molar-refractivity contribution in [1.82, 2.24) is 15.0 Å². The van der Waals surface area contributed by atoms with Crippen molar-refractivity contribution in [3.8, 4) is 11.3 Å². The van der Waals surface area contributed by atoms with Gasteiger partial charge in [-0.15, -0.1) is 0 Å². The van der Waals surface area contributed by atoms with Gasteiger partial charge in [0.05, 0.1) is 30.1 Å². The predicted molar refractivity (Wildman–Crippen MR) is 116 cm³/mol. The zero-order chi connectivity index (χ0) is 21.4. The Morgan fingerprint density at radius 1 is 1.19 bits per heavy atom. The van der Waals surface area contributed by atoms with E-state index in [0.717, 1.165) is 40.9 Å². The van der Waals surface area contributed by atoms with Gasteiger partial charge in [0.25, 0.3) is 0 Å². The number of carbonyl (C=O) groups is 1. The first-order chi connectivity index (χ1) is 15.1. The maximum atomic E-state index is 12.9. The molecule has 1 amide bonds. The molecule has 160 valence electrons. The van der Waals surface area contributed by atoms with Crippen LogP contribution >= 0.6 is 0 Å². The molecule has 0 radical (unpaired) electrons. The van der Waals surface area contributed by atoms with Crippen molar-refractivity contribution in [2.24, 2.45) is 0 Å². The molecule has 2 aliphatic heterocycles. The van der Waals surface area contributed by atoms with Gasteiger partial charge in [-0.2, -0.15) is 4.98 Å². The molecule has 1 unspecified atom stereocenters. The summed E-state index contributed by atoms with van der Waals surface area (Å²) in [5, 5.41) is 3.28. The molecule has 0 aliphatic carbocycles. The second-order valence-electron chi connectivity index (χ2n) is 8.21. The van der Waals surface area contributed by atoms with Crippen LogP contribution in [0.4, 0.5) is 17.5 Å². The molecule has 2 aliphatic rings. The third-order valence-corrected chi connectivity index (χ3v) is 6.03. The van der Waals surface area contributed by atoms with Crippen molar-refractivity contribution in [2.45, 2.75) is 45.1 Å². The number of carbonyl (C=O) groups excluding carboxylic acids is 1. The van der Waals surface area contributed by atoms with Crippen molar-refractivity contribution >= 4 is 23.4 Å². The Balaban J connectivity index is 1.45. The van der Waals surface area contributed by atoms with E-state index in [1.54, 1.807) is 18.7 Å². The van der Waals surface area contributed by atoms with Crippen LogP contribution in [0.3, 0.4) is 0 Å². The maximum Gasteiger partial charge on any atom is 0.229 e. The number of fused-ring (bicyclic) bond motifs is 1. The molecule has 0 bridgehead atoms. The number of aryl methyl sites for hydroxylation is 1. The van der Waals surface area contributed by atoms with Crippen LogP contribution in [0, 0.1) is 6.92 Å². The van der Waals surface area contributed by atoms with E-state index in [-0.39, 0.29) is 17.9 Å². The summed E-state index contributed by atoms with van der Waals surface area (Å²) in [5.74, 6) is 1.40. The van der Waals surface area contributed by atoms with E-state index < -0.39 is 0 Å². The van der Waals surface area contributed by atoms with Gasteiger partial charge in [-0.25, -0.2) is 4.98 Å². The molecule has 8 nitrogen and oxygen atoms in total. The third-order valence-electron chi connectivity index (χ3n) is 6.03. The summed E-state index contributed by atoms with van der Waals surface area (Å²) < 4.78 is 10.6. The number of furan rings is 1. The first-order valence-electron chi connectivity index (χ1n) is 10.6. The smallest absolute Gasteiger partial charge is 0.229 e. The minimum atomic E-state index is 0.102. The zero-order valence-corrected chi connectivity index (χ0v) is 17.7. The average molecular weight is 419 g/mol. The summed E-state index contributed by atoms with van der Waals surface area (Å²) in [6.45, 7) is 5.40. The lowest BCUT2D eigenvalue weighted by Crippen LogP contribution is -2.47. The van der Waals surface area contributed by atoms with E-state index in [9.17, 15) is 4.79 Å². The predicted octanol–water partition coefficient (Wildman–Crippen LogP) is 4.20. The number of amides is 1. The topological polar surface area (TPSA) is 93.4 Å². The molecule has 31 heavy (non-hydrogen) atoms. The highest BCUT2D eigenvalue weighted by Crippen LogP contribution is 2.37. The zero-order valence-electron chi connectivity index (χ0n) is 17.7. The third kappa shape index (κ3) is 3.79. The van der Waals surface area contributed by atoms with Crippen molar-refractivity contribution in [3.05, 3.63) is 48.2 Å². The number of ether oxygens (including phenoxy) is 1. The summed E-state index contributed by atoms with van der Waals surface area (Å²) >= 11 is 0. The first kappa shape index (κ1) is 19.7. The van der Waals surface area contributed by atoms with E-state index in [2.05, 4.69) is 22.2 Å². The number of hydrogen-bond acceptors (Lipinski definition) is 7. The highest BCUT2D eigenvalue weighted by atomic mass is 16.5. The van der Waals surface area contributed by atoms with Crippen LogP contribution in [0.5, 0.6) is 0 Å². The molecule has 8 heteroatoms. The maximum absolute atomic E-state index is 12.9. The Kier molecular flexibility index (Phi) is 5.15. The number of aromatic nitrogens is 3. The van der Waals surface area contributed by atoms with Crippen molar-refractivity contribution in [3.63, 3.8) is 0 Å². The molecule has 0 spiro atoms. The van der Waals surface area contributed by atoms with Crippen LogP contribution < -0.4 is 10.2 Å². The number of pyridine rings is 1. The number of nitrogens with zero attached hydrogens (tertiary/aromatic N) is 4. The van der Waals surface area contributed by atoms with Gasteiger partial charge < -0.3 is 14.5 Å². The first-order valence-corrected chi connectivity index (χ1v) is 10.6. The standard InChI is InChI=1S/C23H25N5O3/c1-14-10-21(29)28(17-4-7-30-8-5-17)22-18(14)11-25-23(27-22)26-20-12-24-19(9-15(20)2)16-3-6-31-13-16/h3,6,9,11-14,17H,4-5,7-8,10H2,1-2H3,(H,25,26,27). The van der Waals surface area contributed by atoms with Gasteiger partial charge in [0, 0.05) is 43.0 Å². The summed E-state index contributed by atoms with van der Waals surface area (Å²) in [6, 6.07) is 3.99. The summed E-state index contributed by atoms with van der Waals surface area (Å²) in [5.41, 5.74) is 4.62. The molecule has 5 rings (SSSR count). The second kappa shape index (κ2) is 8.11. The van der Waals surface area contributed by atoms with Crippen LogP contribution in [0.15, 0.2) is 41.5 Å². The molecular formula is C23H25N5O3. The normalized spacial score (nSPS) is 19.4. The molecule has 0 aromatic carbocycles. The van der Waals surface area contributed by atoms with Crippen LogP contribution in [0.25, 0.3) is 11.3 Å². The molecule has 1 N–H and O–H groups in total. The molecule has 3 aromatic heterocycles. The number of hydrogen-bond donors (Lipinski definition) is 1. The summed E-state index contributed by atoms with van der Waals surface area (Å²) in [7, 11) is 0. The number of nitrogens with one attached hydrogen (secondary N) is 1. The second-order valence-corrected chi connectivity index (χ2v) is 8.21. The average Bonchev–Trinajstić information content (AvgIpc) is 3.31. The van der Waals surface area contributed by atoms with Gasteiger partial charge in [0.1, 0.15) is 5.82 Å². The van der Waals surface area contributed by atoms with Crippen LogP contribution in [-0.4, -0.2) is 40.1 Å². The van der Waals surface area contributed by atoms with Gasteiger partial charge in [0.15, 0.2) is 0 Å². The van der Waals surface area contributed by atoms with E-state index >= 15 is 0 Å². The Morgan fingerprint density at radius 3 is 2.77 bits per heavy atom. The number of anilines is 3. The van der Waals surface area contributed by atoms with E-state index in [4.69, 9.17) is 14.1 Å². The molecule has 1 fully saturated rings. The quantitative estimate of drug-likeness (QED) is 0.677. The minimum absolute atomic E-state index is 0.102. The van der Waals surface area contributed by atoms with Gasteiger partial charge in [-0.05, 0) is 43.4 Å². The Hall–Kier alpha value is -3.26. The van der Waals surface area contributed by atoms with Crippen LogP contribution in [0.1, 0.15) is 43.2 Å². The highest BCUT2D eigenvalue weighted by Gasteiger charge is 2.36. The fourth-order valence-electron chi connectivity index (χ4n) is 4.27. The van der Waals surface area contributed by atoms with Gasteiger partial charge >= 0.3 is 0 Å². The largest absolute Gasteiger partial charge is 0.472 e. The minimum Gasteiger partial charge on any atom is -0.472 e. The fraction of sp³-hybridized carbons (Fsp3) is 0.391. The monoisotopic (exact) mass is 419 g/mol. The fourth-order valence-corrected chi connectivity index (χ4v) is 4.27. The molecule has 3 aromatic rings. The van der Waals surface area contributed by atoms with Gasteiger partial charge in [-0.1, -0.05) is 6.92 Å². The lowest BCUT2D eigenvalue weighted by molar-refractivity contribution is -0.120. The molecule has 1 saturated heterocycles. The van der Waals surface area contributed by atoms with Crippen LogP contribution in [0.2, 0.25) is 0 Å². The molecular weight excluding hydrogens is 394 g/mol. The van der Waals surface area contributed by atoms with Gasteiger partial charge in [-0.3, -0.25) is 14.7 Å². The lowest BCUT2D eigenvalue weighted by atomic mass is 9.92. The van der Waals surface area contributed by atoms with Crippen molar-refractivity contribution < 1.29 is 13.9 Å². The van der Waals surface area contributed by atoms with Gasteiger partial charge in [0.2, 0.25) is 11.9 Å². The highest BCUT2D eigenvalue weighted by molar-refractivity contribution is 5.96. The Bertz CT molecular complexity index is 1090. The summed E-state index contributed by atoms with van der Waals surface area (Å²) in [6.07, 6.45) is 9.05. The summed E-state index contributed by atoms with van der Waals surface area (Å²) in [4.78, 5) is 28.6. The van der Waals surface area contributed by atoms with E-state index in [0.29, 0.717) is 31.4 Å². The van der Waals surface area contributed by atoms with Crippen molar-refractivity contribution in [2.75, 3.05) is 23.4 Å². The van der Waals surface area contributed by atoms with Crippen LogP contribution in [-0.2, 0) is 9.53 Å².